The van der Waals surface area contributed by atoms with E-state index in [1.165, 1.54) is 25.3 Å². The number of para-hydroxylation sites is 1. The summed E-state index contributed by atoms with van der Waals surface area (Å²) in [6, 6.07) is 13.8. The van der Waals surface area contributed by atoms with E-state index in [9.17, 15) is 9.59 Å². The van der Waals surface area contributed by atoms with Crippen molar-refractivity contribution < 1.29 is 23.8 Å². The average molecular weight is 380 g/mol. The Balaban J connectivity index is 2.10. The summed E-state index contributed by atoms with van der Waals surface area (Å²) >= 11 is 0. The zero-order valence-electron chi connectivity index (χ0n) is 15.6. The normalized spacial score (nSPS) is 10.7. The molecule has 7 heteroatoms. The fraction of sp³-hybridized carbons (Fsp3) is 0.190. The highest BCUT2D eigenvalue weighted by Gasteiger charge is 2.13. The van der Waals surface area contributed by atoms with E-state index in [0.717, 1.165) is 12.0 Å². The number of hydrogen-bond donors (Lipinski definition) is 1. The molecule has 1 amide bonds. The van der Waals surface area contributed by atoms with Crippen LogP contribution in [-0.2, 0) is 16.0 Å². The Labute approximate surface area is 162 Å². The van der Waals surface area contributed by atoms with Gasteiger partial charge in [0, 0.05) is 0 Å². The molecule has 0 aliphatic carbocycles. The molecular weight excluding hydrogens is 360 g/mol. The number of nitrogens with two attached hydrogens (primary N) is 1. The summed E-state index contributed by atoms with van der Waals surface area (Å²) in [6.07, 6.45) is 2.10. The molecule has 0 saturated carbocycles. The lowest BCUT2D eigenvalue weighted by molar-refractivity contribution is -0.136. The Morgan fingerprint density at radius 1 is 1.14 bits per heavy atom. The molecule has 0 atom stereocenters. The smallest absolute Gasteiger partial charge is 0.349 e. The molecule has 0 aliphatic rings. The Morgan fingerprint density at radius 2 is 1.89 bits per heavy atom. The summed E-state index contributed by atoms with van der Waals surface area (Å²) in [5, 5.41) is 8.91. The maximum atomic E-state index is 12.1. The van der Waals surface area contributed by atoms with Crippen LogP contribution in [-0.4, -0.2) is 25.6 Å². The minimum atomic E-state index is -0.832. The van der Waals surface area contributed by atoms with Crippen LogP contribution < -0.4 is 19.9 Å². The molecule has 0 aliphatic heterocycles. The van der Waals surface area contributed by atoms with E-state index >= 15 is 0 Å². The van der Waals surface area contributed by atoms with Gasteiger partial charge in [-0.1, -0.05) is 31.2 Å². The quantitative estimate of drug-likeness (QED) is 0.326. The summed E-state index contributed by atoms with van der Waals surface area (Å²) < 4.78 is 16.1. The van der Waals surface area contributed by atoms with Gasteiger partial charge in [0.2, 0.25) is 0 Å². The molecule has 0 bridgehead atoms. The number of carbonyl (C=O) groups excluding carboxylic acids is 2. The fourth-order valence-electron chi connectivity index (χ4n) is 2.41. The van der Waals surface area contributed by atoms with E-state index in [1.807, 2.05) is 25.1 Å². The molecule has 0 spiro atoms. The molecule has 28 heavy (non-hydrogen) atoms. The van der Waals surface area contributed by atoms with Gasteiger partial charge in [0.1, 0.15) is 17.4 Å². The Hall–Kier alpha value is -3.79. The highest BCUT2D eigenvalue weighted by atomic mass is 16.6. The molecule has 2 rings (SSSR count). The number of nitriles is 1. The van der Waals surface area contributed by atoms with Gasteiger partial charge in [-0.05, 0) is 41.8 Å². The number of amides is 1. The Bertz CT molecular complexity index is 944. The summed E-state index contributed by atoms with van der Waals surface area (Å²) in [5.74, 6) is -0.346. The number of carbonyl (C=O) groups is 2. The second-order valence-electron chi connectivity index (χ2n) is 5.67. The van der Waals surface area contributed by atoms with Crippen molar-refractivity contribution in [2.24, 2.45) is 5.73 Å². The monoisotopic (exact) mass is 380 g/mol. The van der Waals surface area contributed by atoms with Crippen LogP contribution in [0.25, 0.3) is 6.08 Å². The standard InChI is InChI=1S/C21H20N2O5/c1-3-15-6-4-5-7-17(15)27-13-20(24)28-18-9-8-14(11-19(18)26-2)10-16(12-22)21(23)25/h4-11H,3,13H2,1-2H3,(H2,23,25)/b16-10+. The number of methoxy groups -OCH3 is 1. The SMILES string of the molecule is CCc1ccccc1OCC(=O)Oc1ccc(/C=C(\C#N)C(N)=O)cc1OC. The Morgan fingerprint density at radius 3 is 2.54 bits per heavy atom. The highest BCUT2D eigenvalue weighted by molar-refractivity contribution is 6.00. The number of benzene rings is 2. The van der Waals surface area contributed by atoms with Crippen molar-refractivity contribution in [3.8, 4) is 23.3 Å². The third kappa shape index (κ3) is 5.35. The minimum absolute atomic E-state index is 0.189. The van der Waals surface area contributed by atoms with E-state index in [0.29, 0.717) is 11.3 Å². The second kappa shape index (κ2) is 9.78. The van der Waals surface area contributed by atoms with Crippen molar-refractivity contribution in [3.05, 3.63) is 59.2 Å². The summed E-state index contributed by atoms with van der Waals surface area (Å²) in [4.78, 5) is 23.3. The van der Waals surface area contributed by atoms with E-state index in [-0.39, 0.29) is 23.7 Å². The van der Waals surface area contributed by atoms with E-state index in [2.05, 4.69) is 0 Å². The molecule has 2 N–H and O–H groups in total. The molecule has 2 aromatic carbocycles. The lowest BCUT2D eigenvalue weighted by Crippen LogP contribution is -2.18. The molecule has 0 heterocycles. The molecular formula is C21H20N2O5. The van der Waals surface area contributed by atoms with Crippen LogP contribution in [0.2, 0.25) is 0 Å². The first-order valence-electron chi connectivity index (χ1n) is 8.49. The second-order valence-corrected chi connectivity index (χ2v) is 5.67. The van der Waals surface area contributed by atoms with Crippen LogP contribution in [0.4, 0.5) is 0 Å². The third-order valence-electron chi connectivity index (χ3n) is 3.81. The zero-order valence-corrected chi connectivity index (χ0v) is 15.6. The number of esters is 1. The van der Waals surface area contributed by atoms with Gasteiger partial charge in [-0.15, -0.1) is 0 Å². The van der Waals surface area contributed by atoms with E-state index in [4.69, 9.17) is 25.2 Å². The number of primary amides is 1. The largest absolute Gasteiger partial charge is 0.493 e. The van der Waals surface area contributed by atoms with E-state index in [1.54, 1.807) is 18.2 Å². The minimum Gasteiger partial charge on any atom is -0.493 e. The van der Waals surface area contributed by atoms with Crippen LogP contribution in [0.5, 0.6) is 17.2 Å². The highest BCUT2D eigenvalue weighted by Crippen LogP contribution is 2.29. The molecule has 0 fully saturated rings. The van der Waals surface area contributed by atoms with Crippen molar-refractivity contribution >= 4 is 18.0 Å². The van der Waals surface area contributed by atoms with Crippen molar-refractivity contribution in [3.63, 3.8) is 0 Å². The first-order valence-corrected chi connectivity index (χ1v) is 8.49. The third-order valence-corrected chi connectivity index (χ3v) is 3.81. The van der Waals surface area contributed by atoms with Crippen molar-refractivity contribution in [1.29, 1.82) is 5.26 Å². The van der Waals surface area contributed by atoms with Crippen molar-refractivity contribution in [1.82, 2.24) is 0 Å². The van der Waals surface area contributed by atoms with Crippen LogP contribution >= 0.6 is 0 Å². The number of rotatable bonds is 8. The molecule has 0 unspecified atom stereocenters. The van der Waals surface area contributed by atoms with Gasteiger partial charge in [0.05, 0.1) is 7.11 Å². The van der Waals surface area contributed by atoms with Crippen LogP contribution in [0.3, 0.4) is 0 Å². The molecule has 144 valence electrons. The predicted octanol–water partition coefficient (Wildman–Crippen LogP) is 2.63. The van der Waals surface area contributed by atoms with Crippen molar-refractivity contribution in [2.75, 3.05) is 13.7 Å². The first-order chi connectivity index (χ1) is 13.5. The molecule has 2 aromatic rings. The van der Waals surface area contributed by atoms with Gasteiger partial charge in [-0.3, -0.25) is 4.79 Å². The molecule has 0 radical (unpaired) electrons. The summed E-state index contributed by atoms with van der Waals surface area (Å²) in [6.45, 7) is 1.74. The van der Waals surface area contributed by atoms with Gasteiger partial charge in [-0.25, -0.2) is 4.79 Å². The maximum Gasteiger partial charge on any atom is 0.349 e. The van der Waals surface area contributed by atoms with Crippen LogP contribution in [0.15, 0.2) is 48.0 Å². The van der Waals surface area contributed by atoms with Crippen LogP contribution in [0.1, 0.15) is 18.1 Å². The molecule has 0 aromatic heterocycles. The molecule has 7 nitrogen and oxygen atoms in total. The van der Waals surface area contributed by atoms with Crippen molar-refractivity contribution in [2.45, 2.75) is 13.3 Å². The van der Waals surface area contributed by atoms with Gasteiger partial charge >= 0.3 is 5.97 Å². The van der Waals surface area contributed by atoms with Gasteiger partial charge in [0.25, 0.3) is 5.91 Å². The number of hydrogen-bond acceptors (Lipinski definition) is 6. The number of aryl methyl sites for hydroxylation is 1. The summed E-state index contributed by atoms with van der Waals surface area (Å²) in [5.41, 5.74) is 6.41. The number of ether oxygens (including phenoxy) is 3. The van der Waals surface area contributed by atoms with E-state index < -0.39 is 11.9 Å². The lowest BCUT2D eigenvalue weighted by atomic mass is 10.1. The lowest BCUT2D eigenvalue weighted by Gasteiger charge is -2.12. The maximum absolute atomic E-state index is 12.1. The summed E-state index contributed by atoms with van der Waals surface area (Å²) in [7, 11) is 1.41. The number of nitrogens with zero attached hydrogens (tertiary/aromatic N) is 1. The first kappa shape index (κ1) is 20.5. The molecule has 0 saturated heterocycles. The predicted molar refractivity (Wildman–Crippen MR) is 103 cm³/mol. The van der Waals surface area contributed by atoms with Gasteiger partial charge in [0.15, 0.2) is 18.1 Å². The van der Waals surface area contributed by atoms with Gasteiger partial charge in [-0.2, -0.15) is 5.26 Å². The average Bonchev–Trinajstić information content (AvgIpc) is 2.71. The van der Waals surface area contributed by atoms with Crippen LogP contribution in [0, 0.1) is 11.3 Å². The fourth-order valence-corrected chi connectivity index (χ4v) is 2.41. The topological polar surface area (TPSA) is 112 Å². The Kier molecular flexibility index (Phi) is 7.17. The zero-order chi connectivity index (χ0) is 20.5. The van der Waals surface area contributed by atoms with Gasteiger partial charge < -0.3 is 19.9 Å².